The number of nitrogens with zero attached hydrogens (tertiary/aromatic N) is 1. The number of aliphatic hydroxyl groups is 1. The predicted octanol–water partition coefficient (Wildman–Crippen LogP) is 2.06. The zero-order valence-electron chi connectivity index (χ0n) is 17.9. The number of aryl methyl sites for hydroxylation is 2. The van der Waals surface area contributed by atoms with Gasteiger partial charge in [-0.25, -0.2) is 0 Å². The van der Waals surface area contributed by atoms with Gasteiger partial charge in [-0.2, -0.15) is 0 Å². The van der Waals surface area contributed by atoms with E-state index in [1.807, 2.05) is 51.1 Å². The highest BCUT2D eigenvalue weighted by molar-refractivity contribution is 6.02. The van der Waals surface area contributed by atoms with Crippen molar-refractivity contribution in [1.29, 1.82) is 0 Å². The molecule has 0 radical (unpaired) electrons. The molecule has 0 spiro atoms. The van der Waals surface area contributed by atoms with Crippen molar-refractivity contribution >= 4 is 23.5 Å². The van der Waals surface area contributed by atoms with Gasteiger partial charge in [0.05, 0.1) is 25.0 Å². The maximum atomic E-state index is 13.4. The molecular weight excluding hydrogens is 384 g/mol. The summed E-state index contributed by atoms with van der Waals surface area (Å²) in [7, 11) is 0. The van der Waals surface area contributed by atoms with Crippen molar-refractivity contribution in [2.24, 2.45) is 23.7 Å². The van der Waals surface area contributed by atoms with Crippen LogP contribution in [-0.2, 0) is 19.1 Å². The summed E-state index contributed by atoms with van der Waals surface area (Å²) >= 11 is 0. The molecule has 1 aliphatic carbocycles. The Morgan fingerprint density at radius 2 is 1.87 bits per heavy atom. The largest absolute Gasteiger partial charge is 0.466 e. The molecular formula is C23H30N2O5. The number of allylic oxidation sites excluding steroid dienone is 1. The Morgan fingerprint density at radius 1 is 1.20 bits per heavy atom. The van der Waals surface area contributed by atoms with Gasteiger partial charge in [-0.05, 0) is 37.8 Å². The molecule has 3 rings (SSSR count). The van der Waals surface area contributed by atoms with Gasteiger partial charge >= 0.3 is 5.97 Å². The van der Waals surface area contributed by atoms with E-state index in [4.69, 9.17) is 4.74 Å². The number of carbonyl (C=O) groups is 3. The highest BCUT2D eigenvalue weighted by Crippen LogP contribution is 2.44. The molecule has 7 nitrogen and oxygen atoms in total. The van der Waals surface area contributed by atoms with Crippen LogP contribution < -0.4 is 5.32 Å². The Balaban J connectivity index is 1.96. The van der Waals surface area contributed by atoms with Crippen LogP contribution in [0.1, 0.15) is 25.0 Å². The van der Waals surface area contributed by atoms with Gasteiger partial charge in [-0.3, -0.25) is 14.4 Å². The zero-order chi connectivity index (χ0) is 22.0. The van der Waals surface area contributed by atoms with E-state index in [2.05, 4.69) is 5.32 Å². The Hall–Kier alpha value is -2.67. The van der Waals surface area contributed by atoms with E-state index < -0.39 is 29.8 Å². The van der Waals surface area contributed by atoms with Crippen molar-refractivity contribution in [3.8, 4) is 0 Å². The van der Waals surface area contributed by atoms with E-state index in [0.717, 1.165) is 16.8 Å². The smallest absolute Gasteiger partial charge is 0.310 e. The Bertz CT molecular complexity index is 845. The minimum absolute atomic E-state index is 0.0362. The van der Waals surface area contributed by atoms with Crippen LogP contribution in [0.2, 0.25) is 0 Å². The van der Waals surface area contributed by atoms with Crippen molar-refractivity contribution in [1.82, 2.24) is 4.90 Å². The first-order chi connectivity index (χ1) is 14.3. The predicted molar refractivity (Wildman–Crippen MR) is 113 cm³/mol. The van der Waals surface area contributed by atoms with Gasteiger partial charge in [0.1, 0.15) is 6.04 Å². The summed E-state index contributed by atoms with van der Waals surface area (Å²) in [5.41, 5.74) is 2.57. The third-order valence-corrected chi connectivity index (χ3v) is 6.17. The van der Waals surface area contributed by atoms with E-state index in [1.165, 1.54) is 4.90 Å². The second-order valence-electron chi connectivity index (χ2n) is 8.08. The third-order valence-electron chi connectivity index (χ3n) is 6.17. The summed E-state index contributed by atoms with van der Waals surface area (Å²) in [4.78, 5) is 40.7. The molecule has 2 aliphatic rings. The highest BCUT2D eigenvalue weighted by atomic mass is 16.5. The van der Waals surface area contributed by atoms with Gasteiger partial charge in [-0.1, -0.05) is 37.3 Å². The Kier molecular flexibility index (Phi) is 6.61. The lowest BCUT2D eigenvalue weighted by molar-refractivity contribution is -0.155. The van der Waals surface area contributed by atoms with Crippen LogP contribution in [0.4, 0.5) is 5.69 Å². The van der Waals surface area contributed by atoms with Crippen LogP contribution in [0.25, 0.3) is 0 Å². The zero-order valence-corrected chi connectivity index (χ0v) is 17.9. The van der Waals surface area contributed by atoms with Crippen molar-refractivity contribution in [3.05, 3.63) is 41.5 Å². The molecule has 1 fully saturated rings. The highest BCUT2D eigenvalue weighted by Gasteiger charge is 2.56. The number of likely N-dealkylation sites (tertiary alicyclic amines) is 1. The summed E-state index contributed by atoms with van der Waals surface area (Å²) in [6.45, 7) is 7.44. The van der Waals surface area contributed by atoms with Gasteiger partial charge in [0.2, 0.25) is 11.8 Å². The number of rotatable bonds is 6. The fourth-order valence-electron chi connectivity index (χ4n) is 4.75. The fraction of sp³-hybridized carbons (Fsp3) is 0.522. The van der Waals surface area contributed by atoms with Crippen molar-refractivity contribution in [2.75, 3.05) is 25.1 Å². The van der Waals surface area contributed by atoms with Crippen molar-refractivity contribution < 1.29 is 24.2 Å². The number of hydrogen-bond donors (Lipinski definition) is 2. The van der Waals surface area contributed by atoms with Crippen LogP contribution in [0.3, 0.4) is 0 Å². The van der Waals surface area contributed by atoms with Crippen LogP contribution in [0, 0.1) is 37.5 Å². The van der Waals surface area contributed by atoms with Crippen molar-refractivity contribution in [3.63, 3.8) is 0 Å². The molecule has 1 aromatic rings. The molecule has 162 valence electrons. The van der Waals surface area contributed by atoms with Gasteiger partial charge in [0.15, 0.2) is 0 Å². The molecule has 0 unspecified atom stereocenters. The number of para-hydroxylation sites is 1. The summed E-state index contributed by atoms with van der Waals surface area (Å²) in [5.74, 6) is -2.98. The monoisotopic (exact) mass is 414 g/mol. The molecule has 5 atom stereocenters. The topological polar surface area (TPSA) is 95.9 Å². The number of amides is 2. The fourth-order valence-corrected chi connectivity index (χ4v) is 4.75. The minimum atomic E-state index is -0.797. The third kappa shape index (κ3) is 3.86. The summed E-state index contributed by atoms with van der Waals surface area (Å²) in [6, 6.07) is 4.95. The molecule has 0 bridgehead atoms. The number of aliphatic hydroxyl groups excluding tert-OH is 1. The quantitative estimate of drug-likeness (QED) is 0.549. The number of fused-ring (bicyclic) bond motifs is 1. The van der Waals surface area contributed by atoms with E-state index in [1.54, 1.807) is 6.92 Å². The Morgan fingerprint density at radius 3 is 2.47 bits per heavy atom. The van der Waals surface area contributed by atoms with Gasteiger partial charge < -0.3 is 20.1 Å². The average Bonchev–Trinajstić information content (AvgIpc) is 2.97. The van der Waals surface area contributed by atoms with Gasteiger partial charge in [0.25, 0.3) is 0 Å². The number of ether oxygens (including phenoxy) is 1. The van der Waals surface area contributed by atoms with Crippen molar-refractivity contribution in [2.45, 2.75) is 33.7 Å². The minimum Gasteiger partial charge on any atom is -0.466 e. The summed E-state index contributed by atoms with van der Waals surface area (Å²) in [6.07, 6.45) is 3.76. The molecule has 30 heavy (non-hydrogen) atoms. The lowest BCUT2D eigenvalue weighted by Gasteiger charge is -2.32. The van der Waals surface area contributed by atoms with E-state index in [9.17, 15) is 19.5 Å². The molecule has 1 heterocycles. The summed E-state index contributed by atoms with van der Waals surface area (Å²) < 4.78 is 5.23. The molecule has 2 amide bonds. The van der Waals surface area contributed by atoms with Crippen LogP contribution in [0.5, 0.6) is 0 Å². The molecule has 2 N–H and O–H groups in total. The van der Waals surface area contributed by atoms with Crippen LogP contribution in [-0.4, -0.2) is 53.6 Å². The maximum Gasteiger partial charge on any atom is 0.310 e. The maximum absolute atomic E-state index is 13.4. The number of carbonyl (C=O) groups excluding carboxylic acids is 3. The number of hydrogen-bond acceptors (Lipinski definition) is 5. The average molecular weight is 415 g/mol. The van der Waals surface area contributed by atoms with E-state index >= 15 is 0 Å². The second-order valence-corrected chi connectivity index (χ2v) is 8.08. The van der Waals surface area contributed by atoms with Crippen LogP contribution in [0.15, 0.2) is 30.4 Å². The first-order valence-corrected chi connectivity index (χ1v) is 10.4. The normalized spacial score (nSPS) is 27.7. The lowest BCUT2D eigenvalue weighted by atomic mass is 9.70. The van der Waals surface area contributed by atoms with Gasteiger partial charge in [-0.15, -0.1) is 0 Å². The first-order valence-electron chi connectivity index (χ1n) is 10.4. The number of anilines is 1. The molecule has 1 aliphatic heterocycles. The molecule has 7 heteroatoms. The van der Waals surface area contributed by atoms with E-state index in [0.29, 0.717) is 0 Å². The number of benzene rings is 1. The molecule has 0 saturated carbocycles. The van der Waals surface area contributed by atoms with E-state index in [-0.39, 0.29) is 37.5 Å². The first kappa shape index (κ1) is 22.0. The standard InChI is InChI=1S/C23H30N2O5/c1-5-30-23(29)17-13(2)9-10-16-18(17)22(28)25(11-12-26)20(16)21(27)24-19-14(3)7-6-8-15(19)4/h6-10,13,16-18,20,26H,5,11-12H2,1-4H3,(H,24,27)/t13-,16+,17-,18+,20+/m1/s1. The number of esters is 1. The number of nitrogens with one attached hydrogen (secondary N) is 1. The van der Waals surface area contributed by atoms with Gasteiger partial charge in [0, 0.05) is 18.2 Å². The van der Waals surface area contributed by atoms with Crippen LogP contribution >= 0.6 is 0 Å². The molecule has 0 aromatic heterocycles. The molecule has 1 aromatic carbocycles. The molecule has 1 saturated heterocycles. The second kappa shape index (κ2) is 9.00. The number of β-amino-alcohol motifs (C(OH)–C–C–N with tert-alkyl or cyclic N) is 1. The Labute approximate surface area is 177 Å². The summed E-state index contributed by atoms with van der Waals surface area (Å²) in [5, 5.41) is 12.5. The SMILES string of the molecule is CCOC(=O)[C@H]1[C@H]2C(=O)N(CCO)[C@H](C(=O)Nc3c(C)cccc3C)[C@H]2C=C[C@H]1C. The lowest BCUT2D eigenvalue weighted by Crippen LogP contribution is -2.45.